The zero-order valence-electron chi connectivity index (χ0n) is 5.41. The molecule has 0 amide bonds. The molecule has 3 nitrogen and oxygen atoms in total. The molecule has 11 heavy (non-hydrogen) atoms. The first-order valence-corrected chi connectivity index (χ1v) is 4.54. The van der Waals surface area contributed by atoms with Gasteiger partial charge in [0.2, 0.25) is 0 Å². The van der Waals surface area contributed by atoms with Crippen LogP contribution in [0.2, 0.25) is 0 Å². The molecule has 2 rings (SSSR count). The van der Waals surface area contributed by atoms with Gasteiger partial charge in [-0.2, -0.15) is 0 Å². The molecule has 0 aliphatic heterocycles. The molecule has 0 aliphatic carbocycles. The molecule has 0 aliphatic rings. The summed E-state index contributed by atoms with van der Waals surface area (Å²) in [6.07, 6.45) is 1.74. The predicted octanol–water partition coefficient (Wildman–Crippen LogP) is 2.04. The van der Waals surface area contributed by atoms with E-state index in [0.29, 0.717) is 5.13 Å². The lowest BCUT2D eigenvalue weighted by Gasteiger charge is -1.86. The largest absolute Gasteiger partial charge is 0.375 e. The maximum absolute atomic E-state index is 5.49. The molecule has 0 atom stereocenters. The molecule has 0 radical (unpaired) electrons. The van der Waals surface area contributed by atoms with Crippen LogP contribution in [0, 0.1) is 0 Å². The minimum absolute atomic E-state index is 0.561. The van der Waals surface area contributed by atoms with Crippen molar-refractivity contribution < 1.29 is 0 Å². The van der Waals surface area contributed by atoms with Gasteiger partial charge in [0.1, 0.15) is 10.3 Å². The van der Waals surface area contributed by atoms with Gasteiger partial charge in [0.15, 0.2) is 5.13 Å². The highest BCUT2D eigenvalue weighted by atomic mass is 79.9. The summed E-state index contributed by atoms with van der Waals surface area (Å²) in [5, 5.41) is 0.561. The molecular formula is C6H4BrN3S. The van der Waals surface area contributed by atoms with Gasteiger partial charge in [-0.25, -0.2) is 9.97 Å². The zero-order valence-corrected chi connectivity index (χ0v) is 7.82. The molecular weight excluding hydrogens is 226 g/mol. The fourth-order valence-electron chi connectivity index (χ4n) is 0.815. The first-order valence-electron chi connectivity index (χ1n) is 2.93. The number of aromatic nitrogens is 2. The molecule has 2 aromatic rings. The Morgan fingerprint density at radius 1 is 1.55 bits per heavy atom. The van der Waals surface area contributed by atoms with Crippen molar-refractivity contribution in [2.45, 2.75) is 0 Å². The van der Waals surface area contributed by atoms with Gasteiger partial charge in [-0.3, -0.25) is 0 Å². The van der Waals surface area contributed by atoms with Crippen LogP contribution in [0.3, 0.4) is 0 Å². The van der Waals surface area contributed by atoms with E-state index in [9.17, 15) is 0 Å². The number of anilines is 1. The summed E-state index contributed by atoms with van der Waals surface area (Å²) >= 11 is 4.70. The molecule has 0 saturated heterocycles. The van der Waals surface area contributed by atoms with E-state index in [0.717, 1.165) is 14.8 Å². The highest BCUT2D eigenvalue weighted by Gasteiger charge is 2.00. The highest BCUT2D eigenvalue weighted by Crippen LogP contribution is 2.23. The third-order valence-electron chi connectivity index (χ3n) is 1.23. The summed E-state index contributed by atoms with van der Waals surface area (Å²) in [4.78, 5) is 9.09. The van der Waals surface area contributed by atoms with E-state index in [-0.39, 0.29) is 0 Å². The van der Waals surface area contributed by atoms with Crippen LogP contribution in [-0.2, 0) is 0 Å². The van der Waals surface area contributed by atoms with Crippen molar-refractivity contribution in [3.8, 4) is 0 Å². The molecule has 0 saturated carbocycles. The maximum atomic E-state index is 5.49. The number of fused-ring (bicyclic) bond motifs is 1. The quantitative estimate of drug-likeness (QED) is 0.753. The van der Waals surface area contributed by atoms with Crippen LogP contribution in [-0.4, -0.2) is 9.97 Å². The molecule has 0 aromatic carbocycles. The van der Waals surface area contributed by atoms with Gasteiger partial charge in [-0.1, -0.05) is 11.3 Å². The second-order valence-electron chi connectivity index (χ2n) is 2.03. The van der Waals surface area contributed by atoms with Crippen LogP contribution in [0.4, 0.5) is 5.13 Å². The Labute approximate surface area is 75.4 Å². The van der Waals surface area contributed by atoms with Crippen molar-refractivity contribution in [1.82, 2.24) is 9.97 Å². The standard InChI is InChI=1S/C6H4BrN3S/c7-3-1-4-5(9-2-3)11-6(8)10-4/h1-2H,(H2,8,10). The van der Waals surface area contributed by atoms with E-state index in [1.54, 1.807) is 6.20 Å². The number of rotatable bonds is 0. The topological polar surface area (TPSA) is 51.8 Å². The van der Waals surface area contributed by atoms with E-state index in [1.165, 1.54) is 11.3 Å². The molecule has 2 N–H and O–H groups in total. The van der Waals surface area contributed by atoms with E-state index < -0.39 is 0 Å². The first-order chi connectivity index (χ1) is 5.25. The minimum Gasteiger partial charge on any atom is -0.375 e. The second kappa shape index (κ2) is 2.42. The third-order valence-corrected chi connectivity index (χ3v) is 2.47. The third kappa shape index (κ3) is 1.21. The van der Waals surface area contributed by atoms with Crippen LogP contribution in [0.25, 0.3) is 10.3 Å². The summed E-state index contributed by atoms with van der Waals surface area (Å²) in [6, 6.07) is 1.90. The molecule has 2 aromatic heterocycles. The van der Waals surface area contributed by atoms with E-state index in [2.05, 4.69) is 25.9 Å². The van der Waals surface area contributed by atoms with Gasteiger partial charge in [0.05, 0.1) is 0 Å². The summed E-state index contributed by atoms with van der Waals surface area (Å²) in [6.45, 7) is 0. The number of nitrogen functional groups attached to an aromatic ring is 1. The summed E-state index contributed by atoms with van der Waals surface area (Å²) in [7, 11) is 0. The predicted molar refractivity (Wildman–Crippen MR) is 49.5 cm³/mol. The number of nitrogens with two attached hydrogens (primary N) is 1. The molecule has 0 fully saturated rings. The molecule has 56 valence electrons. The Hall–Kier alpha value is -0.680. The Kier molecular flexibility index (Phi) is 1.54. The number of halogens is 1. The van der Waals surface area contributed by atoms with Gasteiger partial charge in [-0.15, -0.1) is 0 Å². The van der Waals surface area contributed by atoms with Crippen molar-refractivity contribution in [3.63, 3.8) is 0 Å². The highest BCUT2D eigenvalue weighted by molar-refractivity contribution is 9.10. The number of thiazole rings is 1. The molecule has 5 heteroatoms. The van der Waals surface area contributed by atoms with Gasteiger partial charge < -0.3 is 5.73 Å². The average Bonchev–Trinajstić information content (AvgIpc) is 2.27. The molecule has 0 spiro atoms. The van der Waals surface area contributed by atoms with Crippen LogP contribution in [0.15, 0.2) is 16.7 Å². The van der Waals surface area contributed by atoms with Crippen molar-refractivity contribution in [2.24, 2.45) is 0 Å². The van der Waals surface area contributed by atoms with Crippen molar-refractivity contribution in [1.29, 1.82) is 0 Å². The maximum Gasteiger partial charge on any atom is 0.182 e. The Bertz CT molecular complexity index is 398. The number of hydrogen-bond acceptors (Lipinski definition) is 4. The minimum atomic E-state index is 0.561. The van der Waals surface area contributed by atoms with Gasteiger partial charge >= 0.3 is 0 Å². The van der Waals surface area contributed by atoms with E-state index in [1.807, 2.05) is 6.07 Å². The van der Waals surface area contributed by atoms with Crippen LogP contribution >= 0.6 is 27.3 Å². The number of nitrogens with zero attached hydrogens (tertiary/aromatic N) is 2. The van der Waals surface area contributed by atoms with Gasteiger partial charge in [0, 0.05) is 10.7 Å². The second-order valence-corrected chi connectivity index (χ2v) is 3.95. The number of hydrogen-bond donors (Lipinski definition) is 1. The number of pyridine rings is 1. The van der Waals surface area contributed by atoms with Crippen molar-refractivity contribution in [3.05, 3.63) is 16.7 Å². The van der Waals surface area contributed by atoms with Gasteiger partial charge in [0.25, 0.3) is 0 Å². The van der Waals surface area contributed by atoms with Crippen LogP contribution in [0.1, 0.15) is 0 Å². The summed E-state index contributed by atoms with van der Waals surface area (Å²) < 4.78 is 0.926. The fraction of sp³-hybridized carbons (Fsp3) is 0. The normalized spacial score (nSPS) is 10.6. The van der Waals surface area contributed by atoms with Gasteiger partial charge in [-0.05, 0) is 22.0 Å². The SMILES string of the molecule is Nc1nc2cc(Br)cnc2s1. The lowest BCUT2D eigenvalue weighted by Crippen LogP contribution is -1.79. The van der Waals surface area contributed by atoms with Crippen molar-refractivity contribution in [2.75, 3.05) is 5.73 Å². The smallest absolute Gasteiger partial charge is 0.182 e. The summed E-state index contributed by atoms with van der Waals surface area (Å²) in [5.74, 6) is 0. The van der Waals surface area contributed by atoms with Crippen molar-refractivity contribution >= 4 is 42.7 Å². The Balaban J connectivity index is 2.82. The zero-order chi connectivity index (χ0) is 7.84. The molecule has 0 bridgehead atoms. The lowest BCUT2D eigenvalue weighted by molar-refractivity contribution is 1.39. The summed E-state index contributed by atoms with van der Waals surface area (Å²) in [5.41, 5.74) is 6.34. The van der Waals surface area contributed by atoms with Crippen LogP contribution in [0.5, 0.6) is 0 Å². The Morgan fingerprint density at radius 2 is 2.36 bits per heavy atom. The fourth-order valence-corrected chi connectivity index (χ4v) is 1.79. The van der Waals surface area contributed by atoms with Crippen LogP contribution < -0.4 is 5.73 Å². The molecule has 0 unspecified atom stereocenters. The average molecular weight is 230 g/mol. The first kappa shape index (κ1) is 7.00. The monoisotopic (exact) mass is 229 g/mol. The van der Waals surface area contributed by atoms with E-state index in [4.69, 9.17) is 5.73 Å². The molecule has 2 heterocycles. The lowest BCUT2D eigenvalue weighted by atomic mass is 10.5. The Morgan fingerprint density at radius 3 is 3.18 bits per heavy atom. The van der Waals surface area contributed by atoms with E-state index >= 15 is 0 Å².